The van der Waals surface area contributed by atoms with Gasteiger partial charge in [0.25, 0.3) is 0 Å². The number of rotatable bonds is 3. The molecule has 0 aliphatic carbocycles. The molecule has 6 heteroatoms. The minimum atomic E-state index is 0.563. The molecule has 1 saturated heterocycles. The van der Waals surface area contributed by atoms with Crippen LogP contribution in [0, 0.1) is 0 Å². The van der Waals surface area contributed by atoms with E-state index < -0.39 is 0 Å². The third kappa shape index (κ3) is 2.64. The SMILES string of the molecule is CN(C)C1CCN(Cc2nnc(N)s2)C1. The molecule has 15 heavy (non-hydrogen) atoms. The first-order valence-electron chi connectivity index (χ1n) is 5.12. The number of hydrogen-bond donors (Lipinski definition) is 1. The molecule has 2 rings (SSSR count). The minimum absolute atomic E-state index is 0.563. The number of likely N-dealkylation sites (tertiary alicyclic amines) is 1. The lowest BCUT2D eigenvalue weighted by Gasteiger charge is -2.19. The standard InChI is InChI=1S/C9H17N5S/c1-13(2)7-3-4-14(5-7)6-8-11-12-9(10)15-8/h7H,3-6H2,1-2H3,(H2,10,12). The van der Waals surface area contributed by atoms with Crippen molar-refractivity contribution in [1.29, 1.82) is 0 Å². The van der Waals surface area contributed by atoms with E-state index in [1.54, 1.807) is 0 Å². The predicted molar refractivity (Wildman–Crippen MR) is 61.7 cm³/mol. The Morgan fingerprint density at radius 1 is 1.53 bits per heavy atom. The zero-order chi connectivity index (χ0) is 10.8. The molecule has 1 atom stereocenters. The summed E-state index contributed by atoms with van der Waals surface area (Å²) in [6, 6.07) is 0.676. The van der Waals surface area contributed by atoms with Crippen LogP contribution >= 0.6 is 11.3 Å². The highest BCUT2D eigenvalue weighted by Crippen LogP contribution is 2.18. The van der Waals surface area contributed by atoms with Crippen molar-refractivity contribution in [2.45, 2.75) is 19.0 Å². The number of anilines is 1. The Hall–Kier alpha value is -0.720. The molecule has 1 aromatic rings. The highest BCUT2D eigenvalue weighted by atomic mass is 32.1. The van der Waals surface area contributed by atoms with Crippen LogP contribution in [0.3, 0.4) is 0 Å². The molecule has 1 unspecified atom stereocenters. The summed E-state index contributed by atoms with van der Waals surface area (Å²) in [7, 11) is 4.27. The van der Waals surface area contributed by atoms with Crippen LogP contribution in [0.2, 0.25) is 0 Å². The topological polar surface area (TPSA) is 58.3 Å². The Balaban J connectivity index is 1.87. The van der Waals surface area contributed by atoms with E-state index >= 15 is 0 Å². The van der Waals surface area contributed by atoms with E-state index in [0.29, 0.717) is 11.2 Å². The first-order chi connectivity index (χ1) is 7.15. The lowest BCUT2D eigenvalue weighted by atomic mass is 10.2. The third-order valence-electron chi connectivity index (χ3n) is 2.82. The Labute approximate surface area is 93.9 Å². The smallest absolute Gasteiger partial charge is 0.203 e. The number of likely N-dealkylation sites (N-methyl/N-ethyl adjacent to an activating group) is 1. The Morgan fingerprint density at radius 3 is 2.87 bits per heavy atom. The van der Waals surface area contributed by atoms with Crippen LogP contribution in [0.1, 0.15) is 11.4 Å². The van der Waals surface area contributed by atoms with Gasteiger partial charge in [0.15, 0.2) is 0 Å². The van der Waals surface area contributed by atoms with Gasteiger partial charge in [-0.05, 0) is 20.5 Å². The van der Waals surface area contributed by atoms with E-state index in [2.05, 4.69) is 34.1 Å². The number of nitrogens with two attached hydrogens (primary N) is 1. The molecular weight excluding hydrogens is 210 g/mol. The molecule has 0 radical (unpaired) electrons. The van der Waals surface area contributed by atoms with Crippen LogP contribution in [-0.2, 0) is 6.54 Å². The molecule has 2 heterocycles. The van der Waals surface area contributed by atoms with Gasteiger partial charge in [0.05, 0.1) is 6.54 Å². The molecule has 0 aromatic carbocycles. The Morgan fingerprint density at radius 2 is 2.33 bits per heavy atom. The number of nitrogens with zero attached hydrogens (tertiary/aromatic N) is 4. The predicted octanol–water partition coefficient (Wildman–Crippen LogP) is 0.256. The van der Waals surface area contributed by atoms with Gasteiger partial charge in [-0.2, -0.15) is 0 Å². The second-order valence-corrected chi connectivity index (χ2v) is 5.27. The summed E-state index contributed by atoms with van der Waals surface area (Å²) in [5, 5.41) is 9.44. The van der Waals surface area contributed by atoms with Crippen LogP contribution < -0.4 is 5.73 Å². The van der Waals surface area contributed by atoms with Crippen molar-refractivity contribution >= 4 is 16.5 Å². The summed E-state index contributed by atoms with van der Waals surface area (Å²) in [5.74, 6) is 0. The van der Waals surface area contributed by atoms with E-state index in [1.165, 1.54) is 17.8 Å². The fourth-order valence-corrected chi connectivity index (χ4v) is 2.55. The summed E-state index contributed by atoms with van der Waals surface area (Å²) in [6.45, 7) is 3.15. The number of nitrogen functional groups attached to an aromatic ring is 1. The van der Waals surface area contributed by atoms with Gasteiger partial charge in [0, 0.05) is 19.1 Å². The normalized spacial score (nSPS) is 22.7. The molecule has 0 amide bonds. The van der Waals surface area contributed by atoms with Crippen molar-refractivity contribution < 1.29 is 0 Å². The summed E-state index contributed by atoms with van der Waals surface area (Å²) in [6.07, 6.45) is 1.24. The number of hydrogen-bond acceptors (Lipinski definition) is 6. The molecule has 1 aromatic heterocycles. The molecule has 84 valence electrons. The highest BCUT2D eigenvalue weighted by Gasteiger charge is 2.24. The van der Waals surface area contributed by atoms with Crippen molar-refractivity contribution in [2.75, 3.05) is 32.9 Å². The van der Waals surface area contributed by atoms with Gasteiger partial charge in [-0.25, -0.2) is 0 Å². The minimum Gasteiger partial charge on any atom is -0.374 e. The van der Waals surface area contributed by atoms with E-state index in [1.807, 2.05) is 0 Å². The summed E-state index contributed by atoms with van der Waals surface area (Å²) < 4.78 is 0. The van der Waals surface area contributed by atoms with Crippen molar-refractivity contribution in [3.63, 3.8) is 0 Å². The Kier molecular flexibility index (Phi) is 3.18. The van der Waals surface area contributed by atoms with Gasteiger partial charge in [0.1, 0.15) is 5.01 Å². The van der Waals surface area contributed by atoms with E-state index in [9.17, 15) is 0 Å². The van der Waals surface area contributed by atoms with Crippen molar-refractivity contribution in [3.8, 4) is 0 Å². The van der Waals surface area contributed by atoms with Crippen LogP contribution in [-0.4, -0.2) is 53.2 Å². The lowest BCUT2D eigenvalue weighted by molar-refractivity contribution is 0.264. The van der Waals surface area contributed by atoms with Crippen LogP contribution in [0.4, 0.5) is 5.13 Å². The van der Waals surface area contributed by atoms with Crippen LogP contribution in [0.15, 0.2) is 0 Å². The molecule has 0 spiro atoms. The number of aromatic nitrogens is 2. The second-order valence-electron chi connectivity index (χ2n) is 4.18. The first-order valence-corrected chi connectivity index (χ1v) is 5.93. The second kappa shape index (κ2) is 4.42. The maximum Gasteiger partial charge on any atom is 0.203 e. The summed E-state index contributed by atoms with van der Waals surface area (Å²) >= 11 is 1.48. The summed E-state index contributed by atoms with van der Waals surface area (Å²) in [5.41, 5.74) is 5.55. The quantitative estimate of drug-likeness (QED) is 0.802. The zero-order valence-electron chi connectivity index (χ0n) is 9.18. The van der Waals surface area contributed by atoms with Crippen molar-refractivity contribution in [3.05, 3.63) is 5.01 Å². The largest absolute Gasteiger partial charge is 0.374 e. The fourth-order valence-electron chi connectivity index (χ4n) is 1.90. The van der Waals surface area contributed by atoms with Gasteiger partial charge < -0.3 is 10.6 Å². The molecule has 0 saturated carbocycles. The van der Waals surface area contributed by atoms with E-state index in [0.717, 1.165) is 24.6 Å². The lowest BCUT2D eigenvalue weighted by Crippen LogP contribution is -2.31. The molecule has 5 nitrogen and oxygen atoms in total. The van der Waals surface area contributed by atoms with Gasteiger partial charge >= 0.3 is 0 Å². The third-order valence-corrected chi connectivity index (χ3v) is 3.56. The molecule has 1 aliphatic rings. The van der Waals surface area contributed by atoms with Gasteiger partial charge in [-0.15, -0.1) is 10.2 Å². The van der Waals surface area contributed by atoms with Gasteiger partial charge in [-0.3, -0.25) is 4.90 Å². The molecule has 2 N–H and O–H groups in total. The van der Waals surface area contributed by atoms with Crippen molar-refractivity contribution in [1.82, 2.24) is 20.0 Å². The Bertz CT molecular complexity index is 324. The molecule has 1 aliphatic heterocycles. The first kappa shape index (κ1) is 10.8. The summed E-state index contributed by atoms with van der Waals surface area (Å²) in [4.78, 5) is 4.69. The maximum absolute atomic E-state index is 5.55. The van der Waals surface area contributed by atoms with Gasteiger partial charge in [-0.1, -0.05) is 11.3 Å². The molecule has 1 fully saturated rings. The molecule has 0 bridgehead atoms. The maximum atomic E-state index is 5.55. The molecular formula is C9H17N5S. The fraction of sp³-hybridized carbons (Fsp3) is 0.778. The van der Waals surface area contributed by atoms with Crippen LogP contribution in [0.25, 0.3) is 0 Å². The van der Waals surface area contributed by atoms with Crippen LogP contribution in [0.5, 0.6) is 0 Å². The average molecular weight is 227 g/mol. The van der Waals surface area contributed by atoms with E-state index in [-0.39, 0.29) is 0 Å². The van der Waals surface area contributed by atoms with E-state index in [4.69, 9.17) is 5.73 Å². The monoisotopic (exact) mass is 227 g/mol. The highest BCUT2D eigenvalue weighted by molar-refractivity contribution is 7.15. The van der Waals surface area contributed by atoms with Gasteiger partial charge in [0.2, 0.25) is 5.13 Å². The van der Waals surface area contributed by atoms with Crippen molar-refractivity contribution in [2.24, 2.45) is 0 Å². The zero-order valence-corrected chi connectivity index (χ0v) is 10.00. The average Bonchev–Trinajstić information content (AvgIpc) is 2.76.